The van der Waals surface area contributed by atoms with Gasteiger partial charge in [-0.25, -0.2) is 4.39 Å². The zero-order valence-electron chi connectivity index (χ0n) is 21.0. The second kappa shape index (κ2) is 10.3. The molecular formula is C27H35FN4O5. The van der Waals surface area contributed by atoms with Crippen LogP contribution in [0.25, 0.3) is 0 Å². The molecule has 4 aliphatic heterocycles. The third-order valence-electron chi connectivity index (χ3n) is 8.56. The fourth-order valence-corrected chi connectivity index (χ4v) is 6.30. The number of amides is 3. The molecule has 0 spiro atoms. The van der Waals surface area contributed by atoms with Crippen LogP contribution in [0.15, 0.2) is 18.2 Å². The summed E-state index contributed by atoms with van der Waals surface area (Å²) in [5.41, 5.74) is 1.28. The second-order valence-electron chi connectivity index (χ2n) is 11.0. The van der Waals surface area contributed by atoms with Gasteiger partial charge in [0.15, 0.2) is 0 Å². The van der Waals surface area contributed by atoms with E-state index in [1.54, 1.807) is 12.1 Å². The van der Waals surface area contributed by atoms with Gasteiger partial charge in [-0.2, -0.15) is 0 Å². The molecule has 0 aromatic heterocycles. The van der Waals surface area contributed by atoms with Crippen molar-refractivity contribution in [3.8, 4) is 5.75 Å². The van der Waals surface area contributed by atoms with Crippen LogP contribution in [-0.4, -0.2) is 90.3 Å². The second-order valence-corrected chi connectivity index (χ2v) is 11.0. The molecule has 1 aromatic rings. The van der Waals surface area contributed by atoms with Crippen LogP contribution in [0.3, 0.4) is 0 Å². The number of benzene rings is 1. The van der Waals surface area contributed by atoms with Crippen molar-refractivity contribution in [2.24, 2.45) is 0 Å². The zero-order chi connectivity index (χ0) is 25.5. The van der Waals surface area contributed by atoms with Gasteiger partial charge in [-0.3, -0.25) is 24.6 Å². The number of nitrogens with zero attached hydrogens (tertiary/aromatic N) is 2. The van der Waals surface area contributed by atoms with Gasteiger partial charge in [0, 0.05) is 37.7 Å². The van der Waals surface area contributed by atoms with Crippen LogP contribution in [-0.2, 0) is 20.9 Å². The van der Waals surface area contributed by atoms with Crippen LogP contribution in [0.1, 0.15) is 60.9 Å². The average Bonchev–Trinajstić information content (AvgIpc) is 3.19. The van der Waals surface area contributed by atoms with Crippen molar-refractivity contribution >= 4 is 17.7 Å². The van der Waals surface area contributed by atoms with Crippen LogP contribution < -0.4 is 15.4 Å². The number of hydrogen-bond acceptors (Lipinski definition) is 7. The topological polar surface area (TPSA) is 100 Å². The van der Waals surface area contributed by atoms with Crippen LogP contribution >= 0.6 is 0 Å². The molecule has 3 saturated heterocycles. The van der Waals surface area contributed by atoms with Gasteiger partial charge in [-0.05, 0) is 69.3 Å². The Balaban J connectivity index is 1.00. The summed E-state index contributed by atoms with van der Waals surface area (Å²) in [6.07, 6.45) is 4.19. The lowest BCUT2D eigenvalue weighted by atomic mass is 9.86. The number of hydrogen-bond donors (Lipinski definition) is 2. The lowest BCUT2D eigenvalue weighted by Gasteiger charge is -2.47. The van der Waals surface area contributed by atoms with Crippen molar-refractivity contribution in [3.05, 3.63) is 29.3 Å². The Morgan fingerprint density at radius 1 is 1.00 bits per heavy atom. The van der Waals surface area contributed by atoms with Crippen LogP contribution in [0.2, 0.25) is 0 Å². The molecule has 0 bridgehead atoms. The summed E-state index contributed by atoms with van der Waals surface area (Å²) < 4.78 is 27.4. The predicted molar refractivity (Wildman–Crippen MR) is 132 cm³/mol. The van der Waals surface area contributed by atoms with Crippen molar-refractivity contribution in [3.63, 3.8) is 0 Å². The summed E-state index contributed by atoms with van der Waals surface area (Å²) in [4.78, 5) is 40.5. The number of imide groups is 1. The number of rotatable bonds is 6. The number of halogens is 1. The van der Waals surface area contributed by atoms with E-state index in [0.29, 0.717) is 55.5 Å². The van der Waals surface area contributed by atoms with E-state index in [4.69, 9.17) is 9.47 Å². The van der Waals surface area contributed by atoms with E-state index in [1.807, 2.05) is 6.07 Å². The highest BCUT2D eigenvalue weighted by atomic mass is 19.1. The molecule has 3 amide bonds. The number of fused-ring (bicyclic) bond motifs is 1. The molecule has 37 heavy (non-hydrogen) atoms. The van der Waals surface area contributed by atoms with Gasteiger partial charge < -0.3 is 19.7 Å². The Hall–Kier alpha value is -2.56. The van der Waals surface area contributed by atoms with E-state index in [0.717, 1.165) is 50.9 Å². The first-order chi connectivity index (χ1) is 17.9. The summed E-state index contributed by atoms with van der Waals surface area (Å²) >= 11 is 0. The average molecular weight is 515 g/mol. The maximum absolute atomic E-state index is 15.2. The lowest BCUT2D eigenvalue weighted by molar-refractivity contribution is -0.136. The molecular weight excluding hydrogens is 479 g/mol. The Morgan fingerprint density at radius 3 is 2.57 bits per heavy atom. The van der Waals surface area contributed by atoms with Crippen LogP contribution in [0.5, 0.6) is 5.75 Å². The summed E-state index contributed by atoms with van der Waals surface area (Å²) in [7, 11) is 0. The van der Waals surface area contributed by atoms with E-state index < -0.39 is 24.2 Å². The normalized spacial score (nSPS) is 33.2. The van der Waals surface area contributed by atoms with Crippen LogP contribution in [0, 0.1) is 0 Å². The molecule has 4 fully saturated rings. The fourth-order valence-electron chi connectivity index (χ4n) is 6.30. The quantitative estimate of drug-likeness (QED) is 0.556. The number of piperidine rings is 3. The fraction of sp³-hybridized carbons (Fsp3) is 0.667. The molecule has 1 aliphatic carbocycles. The monoisotopic (exact) mass is 514 g/mol. The standard InChI is InChI=1S/C27H35FN4O5/c28-22-15-31(17-11-20(12-17)36-18-5-8-29-9-6-18)10-7-24(22)37-19-2-1-16-14-32(27(35)21(16)13-19)23-3-4-25(33)30-26(23)34/h1-2,13,17-18,20,22-24,29H,3-12,14-15H2,(H,30,33,34). The van der Waals surface area contributed by atoms with Crippen molar-refractivity contribution in [1.29, 1.82) is 0 Å². The Kier molecular flexibility index (Phi) is 6.89. The Bertz CT molecular complexity index is 1060. The molecule has 9 nitrogen and oxygen atoms in total. The van der Waals surface area contributed by atoms with Gasteiger partial charge in [-0.1, -0.05) is 6.07 Å². The summed E-state index contributed by atoms with van der Waals surface area (Å²) in [5.74, 6) is -0.530. The zero-order valence-corrected chi connectivity index (χ0v) is 21.0. The number of likely N-dealkylation sites (tertiary alicyclic amines) is 1. The van der Waals surface area contributed by atoms with Gasteiger partial charge in [0.1, 0.15) is 24.1 Å². The minimum atomic E-state index is -1.11. The largest absolute Gasteiger partial charge is 0.487 e. The SMILES string of the molecule is O=C1CCC(N2Cc3ccc(OC4CCN(C5CC(OC6CCNCC6)C5)CC4F)cc3C2=O)C(=O)N1. The number of carbonyl (C=O) groups excluding carboxylic acids is 3. The van der Waals surface area contributed by atoms with E-state index in [9.17, 15) is 14.4 Å². The van der Waals surface area contributed by atoms with E-state index in [2.05, 4.69) is 15.5 Å². The first-order valence-corrected chi connectivity index (χ1v) is 13.6. The molecule has 10 heteroatoms. The van der Waals surface area contributed by atoms with E-state index in [1.165, 1.54) is 4.90 Å². The summed E-state index contributed by atoms with van der Waals surface area (Å²) in [6, 6.07) is 4.97. The predicted octanol–water partition coefficient (Wildman–Crippen LogP) is 1.54. The van der Waals surface area contributed by atoms with Crippen molar-refractivity contribution in [1.82, 2.24) is 20.4 Å². The molecule has 5 aliphatic rings. The molecule has 1 aromatic carbocycles. The van der Waals surface area contributed by atoms with Crippen LogP contribution in [0.4, 0.5) is 4.39 Å². The smallest absolute Gasteiger partial charge is 0.255 e. The van der Waals surface area contributed by atoms with Crippen molar-refractivity contribution in [2.75, 3.05) is 26.2 Å². The minimum absolute atomic E-state index is 0.217. The molecule has 6 rings (SSSR count). The molecule has 1 saturated carbocycles. The van der Waals surface area contributed by atoms with Gasteiger partial charge in [0.25, 0.3) is 5.91 Å². The molecule has 3 atom stereocenters. The molecule has 3 unspecified atom stereocenters. The molecule has 2 N–H and O–H groups in total. The molecule has 4 heterocycles. The third kappa shape index (κ3) is 5.11. The number of ether oxygens (including phenoxy) is 2. The van der Waals surface area contributed by atoms with Gasteiger partial charge >= 0.3 is 0 Å². The van der Waals surface area contributed by atoms with E-state index in [-0.39, 0.29) is 18.2 Å². The minimum Gasteiger partial charge on any atom is -0.487 e. The van der Waals surface area contributed by atoms with E-state index >= 15 is 4.39 Å². The van der Waals surface area contributed by atoms with Gasteiger partial charge in [-0.15, -0.1) is 0 Å². The highest BCUT2D eigenvalue weighted by Gasteiger charge is 2.42. The first kappa shape index (κ1) is 24.8. The van der Waals surface area contributed by atoms with Crippen molar-refractivity contribution < 1.29 is 28.2 Å². The molecule has 200 valence electrons. The number of carbonyl (C=O) groups is 3. The number of alkyl halides is 1. The molecule has 0 radical (unpaired) electrons. The highest BCUT2D eigenvalue weighted by Crippen LogP contribution is 2.35. The Morgan fingerprint density at radius 2 is 1.81 bits per heavy atom. The third-order valence-corrected chi connectivity index (χ3v) is 8.56. The Labute approximate surface area is 216 Å². The lowest BCUT2D eigenvalue weighted by Crippen LogP contribution is -2.56. The highest BCUT2D eigenvalue weighted by molar-refractivity contribution is 6.05. The number of nitrogens with one attached hydrogen (secondary N) is 2. The van der Waals surface area contributed by atoms with Crippen molar-refractivity contribution in [2.45, 2.75) is 88.1 Å². The van der Waals surface area contributed by atoms with Gasteiger partial charge in [0.2, 0.25) is 11.8 Å². The summed E-state index contributed by atoms with van der Waals surface area (Å²) in [6.45, 7) is 3.49. The summed E-state index contributed by atoms with van der Waals surface area (Å²) in [5, 5.41) is 5.67. The van der Waals surface area contributed by atoms with Gasteiger partial charge in [0.05, 0.1) is 12.2 Å². The maximum atomic E-state index is 15.2. The maximum Gasteiger partial charge on any atom is 0.255 e. The first-order valence-electron chi connectivity index (χ1n) is 13.6.